The predicted molar refractivity (Wildman–Crippen MR) is 101 cm³/mol. The summed E-state index contributed by atoms with van der Waals surface area (Å²) in [7, 11) is 1.65. The van der Waals surface area contributed by atoms with Gasteiger partial charge < -0.3 is 13.7 Å². The first kappa shape index (κ1) is 16.8. The van der Waals surface area contributed by atoms with E-state index in [1.54, 1.807) is 18.9 Å². The monoisotopic (exact) mass is 383 g/mol. The highest BCUT2D eigenvalue weighted by molar-refractivity contribution is 7.99. The Morgan fingerprint density at radius 3 is 2.52 bits per heavy atom. The average molecular weight is 383 g/mol. The van der Waals surface area contributed by atoms with Crippen LogP contribution >= 0.6 is 11.8 Å². The quantitative estimate of drug-likeness (QED) is 0.559. The summed E-state index contributed by atoms with van der Waals surface area (Å²) in [4.78, 5) is 0. The molecule has 0 N–H and O–H groups in total. The molecule has 2 fully saturated rings. The lowest BCUT2D eigenvalue weighted by Gasteiger charge is -2.10. The van der Waals surface area contributed by atoms with Gasteiger partial charge in [-0.2, -0.15) is 0 Å². The first-order valence-corrected chi connectivity index (χ1v) is 10.2. The second-order valence-electron chi connectivity index (χ2n) is 7.15. The van der Waals surface area contributed by atoms with E-state index >= 15 is 0 Å². The van der Waals surface area contributed by atoms with Crippen LogP contribution in [0.4, 0.5) is 0 Å². The molecule has 0 bridgehead atoms. The molecular formula is C19H21N5O2S. The summed E-state index contributed by atoms with van der Waals surface area (Å²) in [6, 6.07) is 8.17. The smallest absolute Gasteiger partial charge is 0.247 e. The molecule has 7 nitrogen and oxygen atoms in total. The molecule has 8 heteroatoms. The molecule has 5 rings (SSSR count). The number of ether oxygens (including phenoxy) is 1. The van der Waals surface area contributed by atoms with Gasteiger partial charge in [-0.1, -0.05) is 11.8 Å². The van der Waals surface area contributed by atoms with Crippen LogP contribution in [0.1, 0.15) is 61.5 Å². The van der Waals surface area contributed by atoms with Crippen LogP contribution in [0.25, 0.3) is 11.5 Å². The van der Waals surface area contributed by atoms with Crippen molar-refractivity contribution in [3.05, 3.63) is 36.0 Å². The van der Waals surface area contributed by atoms with Crippen molar-refractivity contribution in [2.45, 2.75) is 55.0 Å². The van der Waals surface area contributed by atoms with Gasteiger partial charge in [0.1, 0.15) is 11.6 Å². The number of thioether (sulfide) groups is 1. The average Bonchev–Trinajstić information content (AvgIpc) is 3.63. The summed E-state index contributed by atoms with van der Waals surface area (Å²) in [5, 5.41) is 18.4. The highest BCUT2D eigenvalue weighted by atomic mass is 32.2. The maximum atomic E-state index is 5.92. The fourth-order valence-corrected chi connectivity index (χ4v) is 4.08. The van der Waals surface area contributed by atoms with Crippen LogP contribution in [0.15, 0.2) is 33.8 Å². The molecule has 140 valence electrons. The second kappa shape index (κ2) is 6.67. The van der Waals surface area contributed by atoms with Gasteiger partial charge >= 0.3 is 0 Å². The topological polar surface area (TPSA) is 78.9 Å². The van der Waals surface area contributed by atoms with Crippen molar-refractivity contribution >= 4 is 11.8 Å². The fraction of sp³-hybridized carbons (Fsp3) is 0.474. The molecule has 27 heavy (non-hydrogen) atoms. The number of hydrogen-bond donors (Lipinski definition) is 0. The first-order valence-electron chi connectivity index (χ1n) is 9.32. The molecule has 1 aromatic carbocycles. The standard InChI is InChI=1S/C19H21N5O2S/c1-11(17-21-22-18(26-17)13-5-9-15(25-2)10-6-13)27-19-23-20-16(12-3-4-12)24(19)14-7-8-14/h5-6,9-12,14H,3-4,7-8H2,1-2H3/t11-/m0/s1. The number of hydrogen-bond acceptors (Lipinski definition) is 7. The lowest BCUT2D eigenvalue weighted by atomic mass is 10.2. The fourth-order valence-electron chi connectivity index (χ4n) is 3.12. The molecule has 0 aliphatic heterocycles. The third-order valence-corrected chi connectivity index (χ3v) is 6.00. The van der Waals surface area contributed by atoms with Crippen molar-refractivity contribution < 1.29 is 9.15 Å². The molecule has 2 aromatic heterocycles. The molecule has 0 amide bonds. The highest BCUT2D eigenvalue weighted by Crippen LogP contribution is 2.47. The Morgan fingerprint density at radius 2 is 1.85 bits per heavy atom. The van der Waals surface area contributed by atoms with Crippen molar-refractivity contribution in [3.63, 3.8) is 0 Å². The van der Waals surface area contributed by atoms with Crippen LogP contribution in [0.3, 0.4) is 0 Å². The molecule has 2 aliphatic carbocycles. The predicted octanol–water partition coefficient (Wildman–Crippen LogP) is 4.40. The Kier molecular flexibility index (Phi) is 4.15. The van der Waals surface area contributed by atoms with Crippen molar-refractivity contribution in [3.8, 4) is 17.2 Å². The summed E-state index contributed by atoms with van der Waals surface area (Å²) < 4.78 is 13.5. The summed E-state index contributed by atoms with van der Waals surface area (Å²) >= 11 is 1.65. The molecule has 1 atom stereocenters. The van der Waals surface area contributed by atoms with E-state index in [9.17, 15) is 0 Å². The number of rotatable bonds is 7. The summed E-state index contributed by atoms with van der Waals surface area (Å²) in [6.07, 6.45) is 4.92. The van der Waals surface area contributed by atoms with E-state index in [0.717, 1.165) is 22.3 Å². The van der Waals surface area contributed by atoms with Gasteiger partial charge in [0.15, 0.2) is 5.16 Å². The van der Waals surface area contributed by atoms with E-state index < -0.39 is 0 Å². The van der Waals surface area contributed by atoms with Gasteiger partial charge in [0.05, 0.1) is 12.4 Å². The van der Waals surface area contributed by atoms with E-state index in [-0.39, 0.29) is 5.25 Å². The van der Waals surface area contributed by atoms with Gasteiger partial charge in [0.25, 0.3) is 0 Å². The summed E-state index contributed by atoms with van der Waals surface area (Å²) in [6.45, 7) is 2.07. The van der Waals surface area contributed by atoms with Gasteiger partial charge in [-0.3, -0.25) is 0 Å². The van der Waals surface area contributed by atoms with Crippen LogP contribution in [0.5, 0.6) is 5.75 Å². The Hall–Kier alpha value is -2.35. The number of benzene rings is 1. The van der Waals surface area contributed by atoms with Crippen LogP contribution in [0, 0.1) is 0 Å². The Bertz CT molecular complexity index is 943. The van der Waals surface area contributed by atoms with Gasteiger partial charge in [-0.25, -0.2) is 0 Å². The third kappa shape index (κ3) is 3.34. The van der Waals surface area contributed by atoms with Crippen molar-refractivity contribution in [2.24, 2.45) is 0 Å². The zero-order valence-electron chi connectivity index (χ0n) is 15.3. The minimum atomic E-state index is 0.0123. The molecule has 0 saturated heterocycles. The van der Waals surface area contributed by atoms with Crippen LogP contribution in [-0.4, -0.2) is 32.1 Å². The first-order chi connectivity index (χ1) is 13.2. The largest absolute Gasteiger partial charge is 0.497 e. The number of nitrogens with zero attached hydrogens (tertiary/aromatic N) is 5. The maximum Gasteiger partial charge on any atom is 0.247 e. The number of aromatic nitrogens is 5. The van der Waals surface area contributed by atoms with E-state index in [1.807, 2.05) is 24.3 Å². The van der Waals surface area contributed by atoms with Gasteiger partial charge in [-0.15, -0.1) is 20.4 Å². The van der Waals surface area contributed by atoms with E-state index in [0.29, 0.717) is 23.7 Å². The molecule has 3 aromatic rings. The van der Waals surface area contributed by atoms with Crippen molar-refractivity contribution in [1.29, 1.82) is 0 Å². The SMILES string of the molecule is COc1ccc(-c2nnc([C@H](C)Sc3nnc(C4CC4)n3C3CC3)o2)cc1. The van der Waals surface area contributed by atoms with Gasteiger partial charge in [-0.05, 0) is 56.9 Å². The lowest BCUT2D eigenvalue weighted by molar-refractivity contribution is 0.415. The molecule has 2 aliphatic rings. The summed E-state index contributed by atoms with van der Waals surface area (Å²) in [5.41, 5.74) is 0.879. The van der Waals surface area contributed by atoms with E-state index in [1.165, 1.54) is 25.7 Å². The Morgan fingerprint density at radius 1 is 1.07 bits per heavy atom. The van der Waals surface area contributed by atoms with E-state index in [2.05, 4.69) is 31.9 Å². The minimum absolute atomic E-state index is 0.0123. The highest BCUT2D eigenvalue weighted by Gasteiger charge is 2.37. The molecule has 0 spiro atoms. The second-order valence-corrected chi connectivity index (χ2v) is 8.46. The van der Waals surface area contributed by atoms with E-state index in [4.69, 9.17) is 9.15 Å². The minimum Gasteiger partial charge on any atom is -0.497 e. The van der Waals surface area contributed by atoms with Gasteiger partial charge in [0, 0.05) is 17.5 Å². The Labute approximate surface area is 161 Å². The van der Waals surface area contributed by atoms with Gasteiger partial charge in [0.2, 0.25) is 11.8 Å². The maximum absolute atomic E-state index is 5.92. The van der Waals surface area contributed by atoms with Crippen LogP contribution < -0.4 is 4.74 Å². The van der Waals surface area contributed by atoms with Crippen LogP contribution in [-0.2, 0) is 0 Å². The molecule has 2 heterocycles. The number of methoxy groups -OCH3 is 1. The normalized spacial score (nSPS) is 17.9. The molecule has 2 saturated carbocycles. The van der Waals surface area contributed by atoms with Crippen molar-refractivity contribution in [1.82, 2.24) is 25.0 Å². The summed E-state index contributed by atoms with van der Waals surface area (Å²) in [5.74, 6) is 3.68. The molecule has 0 unspecified atom stereocenters. The van der Waals surface area contributed by atoms with Crippen LogP contribution in [0.2, 0.25) is 0 Å². The third-order valence-electron chi connectivity index (χ3n) is 4.95. The lowest BCUT2D eigenvalue weighted by Crippen LogP contribution is -2.02. The molecular weight excluding hydrogens is 362 g/mol. The zero-order chi connectivity index (χ0) is 18.4. The zero-order valence-corrected chi connectivity index (χ0v) is 16.1. The Balaban J connectivity index is 1.34. The molecule has 0 radical (unpaired) electrons. The van der Waals surface area contributed by atoms with Crippen molar-refractivity contribution in [2.75, 3.05) is 7.11 Å².